The summed E-state index contributed by atoms with van der Waals surface area (Å²) in [7, 11) is -3.57. The number of aryl methyl sites for hydroxylation is 1. The molecule has 1 atom stereocenters. The van der Waals surface area contributed by atoms with Crippen LogP contribution in [0.2, 0.25) is 0 Å². The maximum absolute atomic E-state index is 12.6. The minimum Gasteiger partial charge on any atom is -0.302 e. The number of nitrogens with zero attached hydrogens (tertiary/aromatic N) is 2. The van der Waals surface area contributed by atoms with Crippen molar-refractivity contribution in [2.75, 3.05) is 19.6 Å². The molecule has 2 bridgehead atoms. The predicted molar refractivity (Wildman–Crippen MR) is 79.2 cm³/mol. The first-order valence-corrected chi connectivity index (χ1v) is 8.73. The van der Waals surface area contributed by atoms with E-state index in [1.807, 2.05) is 6.07 Å². The third kappa shape index (κ3) is 2.82. The Labute approximate surface area is 125 Å². The van der Waals surface area contributed by atoms with Gasteiger partial charge in [0, 0.05) is 12.6 Å². The van der Waals surface area contributed by atoms with Crippen molar-refractivity contribution in [3.63, 3.8) is 0 Å². The Balaban J connectivity index is 1.86. The van der Waals surface area contributed by atoms with Gasteiger partial charge in [-0.3, -0.25) is 0 Å². The number of fused-ring (bicyclic) bond motifs is 3. The summed E-state index contributed by atoms with van der Waals surface area (Å²) >= 11 is 0. The van der Waals surface area contributed by atoms with E-state index in [1.54, 1.807) is 19.1 Å². The first-order valence-electron chi connectivity index (χ1n) is 7.25. The number of nitriles is 1. The smallest absolute Gasteiger partial charge is 0.241 e. The predicted octanol–water partition coefficient (Wildman–Crippen LogP) is 1.24. The Morgan fingerprint density at radius 3 is 2.62 bits per heavy atom. The van der Waals surface area contributed by atoms with Gasteiger partial charge in [0.25, 0.3) is 0 Å². The van der Waals surface area contributed by atoms with Crippen molar-refractivity contribution in [2.24, 2.45) is 5.92 Å². The van der Waals surface area contributed by atoms with Gasteiger partial charge in [-0.1, -0.05) is 6.07 Å². The second kappa shape index (κ2) is 5.41. The molecule has 5 nitrogen and oxygen atoms in total. The van der Waals surface area contributed by atoms with Crippen LogP contribution in [0.3, 0.4) is 0 Å². The number of rotatable bonds is 3. The fourth-order valence-corrected chi connectivity index (χ4v) is 4.89. The molecule has 3 aliphatic rings. The number of piperidine rings is 3. The molecule has 21 heavy (non-hydrogen) atoms. The van der Waals surface area contributed by atoms with Gasteiger partial charge in [0.1, 0.15) is 0 Å². The molecule has 1 aromatic carbocycles. The van der Waals surface area contributed by atoms with E-state index in [1.165, 1.54) is 6.07 Å². The summed E-state index contributed by atoms with van der Waals surface area (Å²) in [6, 6.07) is 6.77. The minimum absolute atomic E-state index is 0.0114. The van der Waals surface area contributed by atoms with E-state index in [4.69, 9.17) is 5.26 Å². The van der Waals surface area contributed by atoms with Crippen molar-refractivity contribution >= 4 is 10.0 Å². The van der Waals surface area contributed by atoms with Crippen LogP contribution in [0, 0.1) is 24.2 Å². The molecule has 0 saturated carbocycles. The van der Waals surface area contributed by atoms with Crippen LogP contribution in [0.1, 0.15) is 24.0 Å². The third-order valence-corrected chi connectivity index (χ3v) is 6.20. The molecule has 112 valence electrons. The van der Waals surface area contributed by atoms with Crippen molar-refractivity contribution in [3.8, 4) is 6.07 Å². The van der Waals surface area contributed by atoms with Crippen molar-refractivity contribution in [1.29, 1.82) is 5.26 Å². The lowest BCUT2D eigenvalue weighted by Crippen LogP contribution is -2.57. The van der Waals surface area contributed by atoms with E-state index < -0.39 is 10.0 Å². The highest BCUT2D eigenvalue weighted by Crippen LogP contribution is 2.29. The zero-order chi connectivity index (χ0) is 15.0. The molecule has 1 N–H and O–H groups in total. The number of benzene rings is 1. The second-order valence-electron chi connectivity index (χ2n) is 5.96. The molecule has 6 heteroatoms. The van der Waals surface area contributed by atoms with Crippen LogP contribution in [0.5, 0.6) is 0 Å². The van der Waals surface area contributed by atoms with Crippen LogP contribution in [-0.2, 0) is 10.0 Å². The minimum atomic E-state index is -3.57. The van der Waals surface area contributed by atoms with Gasteiger partial charge in [-0.05, 0) is 56.5 Å². The Morgan fingerprint density at radius 2 is 2.05 bits per heavy atom. The lowest BCUT2D eigenvalue weighted by Gasteiger charge is -2.44. The van der Waals surface area contributed by atoms with Gasteiger partial charge in [0.15, 0.2) is 0 Å². The maximum Gasteiger partial charge on any atom is 0.241 e. The zero-order valence-electron chi connectivity index (χ0n) is 12.0. The van der Waals surface area contributed by atoms with Crippen molar-refractivity contribution in [2.45, 2.75) is 30.7 Å². The molecule has 3 heterocycles. The van der Waals surface area contributed by atoms with Crippen LogP contribution >= 0.6 is 0 Å². The Kier molecular flexibility index (Phi) is 3.74. The normalized spacial score (nSPS) is 28.3. The molecule has 1 unspecified atom stereocenters. The molecule has 3 fully saturated rings. The Hall–Kier alpha value is -1.42. The van der Waals surface area contributed by atoms with Crippen molar-refractivity contribution in [1.82, 2.24) is 9.62 Å². The molecule has 0 spiro atoms. The monoisotopic (exact) mass is 305 g/mol. The van der Waals surface area contributed by atoms with E-state index in [0.29, 0.717) is 17.0 Å². The van der Waals surface area contributed by atoms with Crippen LogP contribution in [0.25, 0.3) is 0 Å². The third-order valence-electron chi connectivity index (χ3n) is 4.57. The summed E-state index contributed by atoms with van der Waals surface area (Å²) in [6.45, 7) is 4.70. The lowest BCUT2D eigenvalue weighted by atomic mass is 9.85. The summed E-state index contributed by atoms with van der Waals surface area (Å²) in [5.74, 6) is 0.434. The highest BCUT2D eigenvalue weighted by atomic mass is 32.2. The van der Waals surface area contributed by atoms with Gasteiger partial charge >= 0.3 is 0 Å². The van der Waals surface area contributed by atoms with Crippen molar-refractivity contribution < 1.29 is 8.42 Å². The van der Waals surface area contributed by atoms with E-state index in [2.05, 4.69) is 9.62 Å². The number of hydrogen-bond acceptors (Lipinski definition) is 4. The fourth-order valence-electron chi connectivity index (χ4n) is 3.32. The Bertz CT molecular complexity index is 685. The summed E-state index contributed by atoms with van der Waals surface area (Å²) < 4.78 is 28.1. The molecule has 4 rings (SSSR count). The van der Waals surface area contributed by atoms with Crippen LogP contribution in [0.4, 0.5) is 0 Å². The lowest BCUT2D eigenvalue weighted by molar-refractivity contribution is 0.0827. The summed E-state index contributed by atoms with van der Waals surface area (Å²) in [4.78, 5) is 2.53. The first-order chi connectivity index (χ1) is 9.99. The van der Waals surface area contributed by atoms with E-state index in [9.17, 15) is 8.42 Å². The number of sulfonamides is 1. The van der Waals surface area contributed by atoms with Gasteiger partial charge in [-0.15, -0.1) is 0 Å². The highest BCUT2D eigenvalue weighted by molar-refractivity contribution is 7.89. The molecule has 0 radical (unpaired) electrons. The van der Waals surface area contributed by atoms with Crippen LogP contribution in [0.15, 0.2) is 23.1 Å². The Morgan fingerprint density at radius 1 is 1.33 bits per heavy atom. The number of hydrogen-bond donors (Lipinski definition) is 1. The van der Waals surface area contributed by atoms with Gasteiger partial charge in [-0.2, -0.15) is 5.26 Å². The zero-order valence-corrected chi connectivity index (χ0v) is 12.9. The van der Waals surface area contributed by atoms with Crippen LogP contribution < -0.4 is 4.72 Å². The standard InChI is InChI=1S/C15H19N3O2S/c1-11-2-3-12(9-16)8-15(11)21(19,20)17-14-10-18-6-4-13(14)5-7-18/h2-3,8,13-14,17H,4-7,10H2,1H3. The maximum atomic E-state index is 12.6. The molecule has 3 saturated heterocycles. The summed E-state index contributed by atoms with van der Waals surface area (Å²) in [5, 5.41) is 8.95. The molecular formula is C15H19N3O2S. The molecule has 0 aromatic heterocycles. The highest BCUT2D eigenvalue weighted by Gasteiger charge is 2.36. The quantitative estimate of drug-likeness (QED) is 0.912. The van der Waals surface area contributed by atoms with Gasteiger partial charge in [-0.25, -0.2) is 13.1 Å². The molecule has 0 aliphatic carbocycles. The van der Waals surface area contributed by atoms with E-state index >= 15 is 0 Å². The topological polar surface area (TPSA) is 73.2 Å². The summed E-state index contributed by atoms with van der Waals surface area (Å²) in [6.07, 6.45) is 2.12. The first kappa shape index (κ1) is 14.5. The molecule has 0 amide bonds. The van der Waals surface area contributed by atoms with Gasteiger partial charge in [0.05, 0.1) is 16.5 Å². The number of nitrogens with one attached hydrogen (secondary N) is 1. The molecular weight excluding hydrogens is 286 g/mol. The van der Waals surface area contributed by atoms with E-state index in [-0.39, 0.29) is 10.9 Å². The van der Waals surface area contributed by atoms with Gasteiger partial charge in [0.2, 0.25) is 10.0 Å². The SMILES string of the molecule is Cc1ccc(C#N)cc1S(=O)(=O)NC1CN2CCC1CC2. The largest absolute Gasteiger partial charge is 0.302 e. The fraction of sp³-hybridized carbons (Fsp3) is 0.533. The molecule has 1 aromatic rings. The average molecular weight is 305 g/mol. The summed E-state index contributed by atoms with van der Waals surface area (Å²) in [5.41, 5.74) is 1.04. The second-order valence-corrected chi connectivity index (χ2v) is 7.64. The van der Waals surface area contributed by atoms with E-state index in [0.717, 1.165) is 32.5 Å². The molecule has 3 aliphatic heterocycles. The van der Waals surface area contributed by atoms with Crippen molar-refractivity contribution in [3.05, 3.63) is 29.3 Å². The average Bonchev–Trinajstić information content (AvgIpc) is 2.48. The van der Waals surface area contributed by atoms with Crippen LogP contribution in [-0.4, -0.2) is 39.0 Å². The van der Waals surface area contributed by atoms with Gasteiger partial charge < -0.3 is 4.90 Å².